The summed E-state index contributed by atoms with van der Waals surface area (Å²) in [5.41, 5.74) is 4.82. The molecule has 0 bridgehead atoms. The Morgan fingerprint density at radius 1 is 0.935 bits per heavy atom. The number of anilines is 2. The minimum absolute atomic E-state index is 0.279. The monoisotopic (exact) mass is 428 g/mol. The molecule has 2 N–H and O–H groups in total. The van der Waals surface area contributed by atoms with E-state index in [0.29, 0.717) is 28.2 Å². The molecule has 5 aromatic rings. The molecule has 0 aliphatic carbocycles. The fourth-order valence-electron chi connectivity index (χ4n) is 3.41. The number of H-pyrrole nitrogens is 1. The first kappa shape index (κ1) is 19.2. The van der Waals surface area contributed by atoms with Crippen molar-refractivity contribution in [2.45, 2.75) is 4.90 Å². The number of pyridine rings is 1. The Bertz CT molecular complexity index is 1380. The van der Waals surface area contributed by atoms with Crippen molar-refractivity contribution in [1.82, 2.24) is 24.9 Å². The topological polar surface area (TPSA) is 79.4 Å². The first-order valence-corrected chi connectivity index (χ1v) is 10.8. The molecule has 3 aromatic heterocycles. The minimum atomic E-state index is -0.279. The highest BCUT2D eigenvalue weighted by molar-refractivity contribution is 7.98. The number of benzene rings is 2. The van der Waals surface area contributed by atoms with Crippen LogP contribution in [0.15, 0.2) is 78.3 Å². The lowest BCUT2D eigenvalue weighted by molar-refractivity contribution is 0.631. The highest BCUT2D eigenvalue weighted by Crippen LogP contribution is 2.33. The lowest BCUT2D eigenvalue weighted by Gasteiger charge is -2.13. The number of aromatic nitrogens is 5. The van der Waals surface area contributed by atoms with E-state index < -0.39 is 0 Å². The van der Waals surface area contributed by atoms with Crippen LogP contribution in [0.3, 0.4) is 0 Å². The molecule has 31 heavy (non-hydrogen) atoms. The zero-order valence-corrected chi connectivity index (χ0v) is 17.3. The molecule has 3 heterocycles. The lowest BCUT2D eigenvalue weighted by atomic mass is 10.0. The van der Waals surface area contributed by atoms with Gasteiger partial charge in [0.2, 0.25) is 0 Å². The van der Waals surface area contributed by atoms with Crippen molar-refractivity contribution in [2.75, 3.05) is 11.6 Å². The van der Waals surface area contributed by atoms with E-state index >= 15 is 0 Å². The third-order valence-corrected chi connectivity index (χ3v) is 5.62. The first-order chi connectivity index (χ1) is 15.2. The van der Waals surface area contributed by atoms with E-state index in [-0.39, 0.29) is 5.82 Å². The summed E-state index contributed by atoms with van der Waals surface area (Å²) in [6.07, 6.45) is 6.77. The van der Waals surface area contributed by atoms with E-state index in [1.807, 2.05) is 42.7 Å². The number of nitrogens with one attached hydrogen (secondary N) is 2. The van der Waals surface area contributed by atoms with E-state index in [1.54, 1.807) is 36.4 Å². The van der Waals surface area contributed by atoms with Crippen molar-refractivity contribution >= 4 is 34.4 Å². The molecule has 2 aromatic carbocycles. The van der Waals surface area contributed by atoms with Gasteiger partial charge in [0.25, 0.3) is 0 Å². The highest BCUT2D eigenvalue weighted by Gasteiger charge is 2.14. The molecule has 6 nitrogen and oxygen atoms in total. The maximum absolute atomic E-state index is 14.6. The van der Waals surface area contributed by atoms with Crippen LogP contribution in [0.5, 0.6) is 0 Å². The van der Waals surface area contributed by atoms with Gasteiger partial charge in [-0.3, -0.25) is 0 Å². The molecule has 0 saturated heterocycles. The van der Waals surface area contributed by atoms with Crippen molar-refractivity contribution in [2.24, 2.45) is 0 Å². The van der Waals surface area contributed by atoms with Gasteiger partial charge in [-0.15, -0.1) is 11.8 Å². The average Bonchev–Trinajstić information content (AvgIpc) is 3.30. The number of rotatable bonds is 5. The number of hydrogen-bond donors (Lipinski definition) is 2. The predicted octanol–water partition coefficient (Wildman–Crippen LogP) is 5.69. The van der Waals surface area contributed by atoms with E-state index in [9.17, 15) is 4.39 Å². The summed E-state index contributed by atoms with van der Waals surface area (Å²) in [6.45, 7) is 0. The molecule has 8 heteroatoms. The average molecular weight is 428 g/mol. The van der Waals surface area contributed by atoms with Crippen LogP contribution in [0, 0.1) is 5.82 Å². The predicted molar refractivity (Wildman–Crippen MR) is 122 cm³/mol. The van der Waals surface area contributed by atoms with E-state index in [1.165, 1.54) is 12.4 Å². The van der Waals surface area contributed by atoms with Crippen molar-refractivity contribution in [3.63, 3.8) is 0 Å². The molecule has 0 amide bonds. The summed E-state index contributed by atoms with van der Waals surface area (Å²) in [5, 5.41) is 3.31. The minimum Gasteiger partial charge on any atom is -0.340 e. The second kappa shape index (κ2) is 8.16. The third-order valence-electron chi connectivity index (χ3n) is 4.89. The van der Waals surface area contributed by atoms with Gasteiger partial charge in [-0.1, -0.05) is 12.1 Å². The standard InChI is InChI=1S/C23H17FN6S/c1-31-16-5-2-4-14(10-16)18-11-15(7-8-19(18)24)30-22-17(6-3-9-25-22)20-21-23(28-12-26-20)29-13-27-21/h2-13H,1H3,(H,25,30)(H,26,27,28,29). The van der Waals surface area contributed by atoms with Gasteiger partial charge < -0.3 is 10.3 Å². The van der Waals surface area contributed by atoms with Crippen LogP contribution in [-0.4, -0.2) is 31.2 Å². The molecule has 0 aliphatic heterocycles. The normalized spacial score (nSPS) is 11.0. The van der Waals surface area contributed by atoms with Gasteiger partial charge in [-0.2, -0.15) is 0 Å². The molecule has 0 spiro atoms. The molecule has 0 aliphatic rings. The van der Waals surface area contributed by atoms with E-state index in [4.69, 9.17) is 0 Å². The summed E-state index contributed by atoms with van der Waals surface area (Å²) in [6, 6.07) is 16.5. The van der Waals surface area contributed by atoms with Crippen LogP contribution in [0.1, 0.15) is 0 Å². The molecule has 0 fully saturated rings. The Kier molecular flexibility index (Phi) is 5.05. The Hall–Kier alpha value is -3.78. The summed E-state index contributed by atoms with van der Waals surface area (Å²) in [7, 11) is 0. The Morgan fingerprint density at radius 2 is 1.87 bits per heavy atom. The maximum Gasteiger partial charge on any atom is 0.161 e. The fourth-order valence-corrected chi connectivity index (χ4v) is 3.87. The summed E-state index contributed by atoms with van der Waals surface area (Å²) >= 11 is 1.62. The Labute approximate surface area is 182 Å². The second-order valence-corrected chi connectivity index (χ2v) is 7.65. The SMILES string of the molecule is CSc1cccc(-c2cc(Nc3ncccc3-c3ncnc4[nH]cnc34)ccc2F)c1. The molecular weight excluding hydrogens is 411 g/mol. The van der Waals surface area contributed by atoms with Gasteiger partial charge in [0.05, 0.1) is 6.33 Å². The van der Waals surface area contributed by atoms with Crippen molar-refractivity contribution < 1.29 is 4.39 Å². The summed E-state index contributed by atoms with van der Waals surface area (Å²) in [5.74, 6) is 0.319. The second-order valence-electron chi connectivity index (χ2n) is 6.77. The van der Waals surface area contributed by atoms with Crippen molar-refractivity contribution in [3.8, 4) is 22.4 Å². The number of halogens is 1. The van der Waals surface area contributed by atoms with Crippen molar-refractivity contribution in [1.29, 1.82) is 0 Å². The van der Waals surface area contributed by atoms with Crippen LogP contribution < -0.4 is 5.32 Å². The first-order valence-electron chi connectivity index (χ1n) is 9.53. The van der Waals surface area contributed by atoms with Gasteiger partial charge in [-0.05, 0) is 54.3 Å². The smallest absolute Gasteiger partial charge is 0.161 e. The molecule has 5 rings (SSSR count). The number of aromatic amines is 1. The summed E-state index contributed by atoms with van der Waals surface area (Å²) < 4.78 is 14.6. The largest absolute Gasteiger partial charge is 0.340 e. The Balaban J connectivity index is 1.55. The van der Waals surface area contributed by atoms with E-state index in [0.717, 1.165) is 21.7 Å². The Morgan fingerprint density at radius 3 is 2.77 bits per heavy atom. The highest BCUT2D eigenvalue weighted by atomic mass is 32.2. The molecule has 0 unspecified atom stereocenters. The number of nitrogens with zero attached hydrogens (tertiary/aromatic N) is 4. The lowest BCUT2D eigenvalue weighted by Crippen LogP contribution is -1.99. The van der Waals surface area contributed by atoms with Gasteiger partial charge in [0, 0.05) is 27.9 Å². The van der Waals surface area contributed by atoms with E-state index in [2.05, 4.69) is 30.2 Å². The van der Waals surface area contributed by atoms with Crippen LogP contribution in [0.4, 0.5) is 15.9 Å². The van der Waals surface area contributed by atoms with Gasteiger partial charge in [-0.25, -0.2) is 24.3 Å². The van der Waals surface area contributed by atoms with Gasteiger partial charge in [0.1, 0.15) is 29.2 Å². The summed E-state index contributed by atoms with van der Waals surface area (Å²) in [4.78, 5) is 21.5. The molecule has 0 radical (unpaired) electrons. The molecular formula is C23H17FN6S. The van der Waals surface area contributed by atoms with Crippen LogP contribution in [-0.2, 0) is 0 Å². The fraction of sp³-hybridized carbons (Fsp3) is 0.0435. The van der Waals surface area contributed by atoms with Crippen molar-refractivity contribution in [3.05, 3.63) is 79.3 Å². The number of imidazole rings is 1. The maximum atomic E-state index is 14.6. The number of hydrogen-bond acceptors (Lipinski definition) is 6. The van der Waals surface area contributed by atoms with Crippen LogP contribution in [0.2, 0.25) is 0 Å². The van der Waals surface area contributed by atoms with Crippen LogP contribution >= 0.6 is 11.8 Å². The molecule has 0 atom stereocenters. The molecule has 152 valence electrons. The van der Waals surface area contributed by atoms with Gasteiger partial charge >= 0.3 is 0 Å². The quantitative estimate of drug-likeness (QED) is 0.350. The zero-order chi connectivity index (χ0) is 21.2. The van der Waals surface area contributed by atoms with Crippen LogP contribution in [0.25, 0.3) is 33.5 Å². The third kappa shape index (κ3) is 3.73. The molecule has 0 saturated carbocycles. The number of thioether (sulfide) groups is 1. The van der Waals surface area contributed by atoms with Gasteiger partial charge in [0.15, 0.2) is 5.65 Å². The zero-order valence-electron chi connectivity index (χ0n) is 16.5. The number of fused-ring (bicyclic) bond motifs is 1.